The van der Waals surface area contributed by atoms with Gasteiger partial charge >= 0.3 is 11.8 Å². The predicted molar refractivity (Wildman–Crippen MR) is 68.1 cm³/mol. The molecule has 98 valence electrons. The van der Waals surface area contributed by atoms with Gasteiger partial charge in [-0.3, -0.25) is 9.59 Å². The second-order valence-electron chi connectivity index (χ2n) is 4.11. The number of carbonyl (C=O) groups excluding carboxylic acids is 2. The summed E-state index contributed by atoms with van der Waals surface area (Å²) in [5, 5.41) is 7.09. The SMILES string of the molecule is O=C(NCc1cccs1)C(=O)NC[C@H]1CCCO1. The Labute approximate surface area is 110 Å². The summed E-state index contributed by atoms with van der Waals surface area (Å²) in [6.45, 7) is 1.54. The number of carbonyl (C=O) groups is 2. The van der Waals surface area contributed by atoms with Crippen LogP contribution < -0.4 is 10.6 Å². The number of amides is 2. The van der Waals surface area contributed by atoms with Gasteiger partial charge in [-0.25, -0.2) is 0 Å². The van der Waals surface area contributed by atoms with Crippen molar-refractivity contribution in [2.45, 2.75) is 25.5 Å². The molecule has 1 aromatic rings. The van der Waals surface area contributed by atoms with Crippen LogP contribution in [-0.4, -0.2) is 31.1 Å². The standard InChI is InChI=1S/C12H16N2O3S/c15-11(13-7-9-3-1-5-17-9)12(16)14-8-10-4-2-6-18-10/h2,4,6,9H,1,3,5,7-8H2,(H,13,15)(H,14,16)/t9-/m1/s1. The maximum absolute atomic E-state index is 11.5. The highest BCUT2D eigenvalue weighted by atomic mass is 32.1. The molecule has 2 amide bonds. The lowest BCUT2D eigenvalue weighted by atomic mass is 10.2. The minimum Gasteiger partial charge on any atom is -0.376 e. The number of thiophene rings is 1. The molecule has 1 fully saturated rings. The minimum atomic E-state index is -0.596. The highest BCUT2D eigenvalue weighted by Gasteiger charge is 2.18. The van der Waals surface area contributed by atoms with Gasteiger partial charge < -0.3 is 15.4 Å². The summed E-state index contributed by atoms with van der Waals surface area (Å²) < 4.78 is 5.36. The molecule has 0 unspecified atom stereocenters. The van der Waals surface area contributed by atoms with Crippen LogP contribution in [0.25, 0.3) is 0 Å². The molecule has 1 saturated heterocycles. The van der Waals surface area contributed by atoms with Crippen LogP contribution in [0.4, 0.5) is 0 Å². The van der Waals surface area contributed by atoms with Crippen LogP contribution in [0, 0.1) is 0 Å². The normalized spacial score (nSPS) is 18.6. The maximum atomic E-state index is 11.5. The molecule has 0 bridgehead atoms. The Morgan fingerprint density at radius 2 is 2.22 bits per heavy atom. The van der Waals surface area contributed by atoms with Crippen LogP contribution in [0.5, 0.6) is 0 Å². The van der Waals surface area contributed by atoms with E-state index < -0.39 is 11.8 Å². The summed E-state index contributed by atoms with van der Waals surface area (Å²) in [6, 6.07) is 3.82. The number of hydrogen-bond acceptors (Lipinski definition) is 4. The smallest absolute Gasteiger partial charge is 0.309 e. The quantitative estimate of drug-likeness (QED) is 0.788. The molecule has 2 heterocycles. The lowest BCUT2D eigenvalue weighted by molar-refractivity contribution is -0.139. The highest BCUT2D eigenvalue weighted by molar-refractivity contribution is 7.09. The van der Waals surface area contributed by atoms with E-state index in [1.54, 1.807) is 11.3 Å². The first-order valence-electron chi connectivity index (χ1n) is 5.95. The summed E-state index contributed by atoms with van der Waals surface area (Å²) in [5.74, 6) is -1.19. The predicted octanol–water partition coefficient (Wildman–Crippen LogP) is 0.659. The van der Waals surface area contributed by atoms with Crippen molar-refractivity contribution in [3.8, 4) is 0 Å². The molecule has 0 saturated carbocycles. The Morgan fingerprint density at radius 3 is 2.89 bits per heavy atom. The molecule has 6 heteroatoms. The van der Waals surface area contributed by atoms with Gasteiger partial charge in [0.1, 0.15) is 0 Å². The van der Waals surface area contributed by atoms with Crippen molar-refractivity contribution in [1.82, 2.24) is 10.6 Å². The number of hydrogen-bond donors (Lipinski definition) is 2. The fourth-order valence-electron chi connectivity index (χ4n) is 1.75. The molecular formula is C12H16N2O3S. The van der Waals surface area contributed by atoms with E-state index in [1.165, 1.54) is 0 Å². The first-order valence-corrected chi connectivity index (χ1v) is 6.83. The van der Waals surface area contributed by atoms with Gasteiger partial charge in [0.25, 0.3) is 0 Å². The fourth-order valence-corrected chi connectivity index (χ4v) is 2.40. The Balaban J connectivity index is 1.66. The molecule has 1 aliphatic rings. The zero-order valence-electron chi connectivity index (χ0n) is 9.98. The summed E-state index contributed by atoms with van der Waals surface area (Å²) >= 11 is 1.54. The molecule has 0 spiro atoms. The van der Waals surface area contributed by atoms with Gasteiger partial charge in [-0.15, -0.1) is 11.3 Å². The van der Waals surface area contributed by atoms with Crippen LogP contribution in [-0.2, 0) is 20.9 Å². The Morgan fingerprint density at radius 1 is 1.39 bits per heavy atom. The average Bonchev–Trinajstić information content (AvgIpc) is 3.05. The van der Waals surface area contributed by atoms with Crippen molar-refractivity contribution in [1.29, 1.82) is 0 Å². The molecule has 18 heavy (non-hydrogen) atoms. The van der Waals surface area contributed by atoms with E-state index in [9.17, 15) is 9.59 Å². The van der Waals surface area contributed by atoms with Crippen molar-refractivity contribution in [2.75, 3.05) is 13.2 Å². The molecule has 0 aliphatic carbocycles. The topological polar surface area (TPSA) is 67.4 Å². The van der Waals surface area contributed by atoms with Crippen molar-refractivity contribution < 1.29 is 14.3 Å². The Bertz CT molecular complexity index is 399. The van der Waals surface area contributed by atoms with Crippen molar-refractivity contribution in [3.63, 3.8) is 0 Å². The average molecular weight is 268 g/mol. The number of rotatable bonds is 4. The van der Waals surface area contributed by atoms with E-state index in [0.29, 0.717) is 13.1 Å². The van der Waals surface area contributed by atoms with E-state index in [2.05, 4.69) is 10.6 Å². The van der Waals surface area contributed by atoms with Crippen molar-refractivity contribution >= 4 is 23.2 Å². The summed E-state index contributed by atoms with van der Waals surface area (Å²) in [7, 11) is 0. The van der Waals surface area contributed by atoms with Crippen molar-refractivity contribution in [3.05, 3.63) is 22.4 Å². The molecule has 5 nitrogen and oxygen atoms in total. The van der Waals surface area contributed by atoms with Gasteiger partial charge in [0, 0.05) is 18.0 Å². The van der Waals surface area contributed by atoms with E-state index >= 15 is 0 Å². The molecule has 1 aromatic heterocycles. The Hall–Kier alpha value is -1.40. The van der Waals surface area contributed by atoms with Crippen LogP contribution in [0.2, 0.25) is 0 Å². The molecule has 2 rings (SSSR count). The molecule has 0 radical (unpaired) electrons. The Kier molecular flexibility index (Phi) is 4.72. The molecular weight excluding hydrogens is 252 g/mol. The monoisotopic (exact) mass is 268 g/mol. The summed E-state index contributed by atoms with van der Waals surface area (Å²) in [6.07, 6.45) is 2.02. The zero-order valence-corrected chi connectivity index (χ0v) is 10.8. The first-order chi connectivity index (χ1) is 8.75. The maximum Gasteiger partial charge on any atom is 0.309 e. The molecule has 0 aromatic carbocycles. The molecule has 2 N–H and O–H groups in total. The first kappa shape index (κ1) is 13.0. The van der Waals surface area contributed by atoms with E-state index in [-0.39, 0.29) is 6.10 Å². The van der Waals surface area contributed by atoms with Gasteiger partial charge in [0.15, 0.2) is 0 Å². The lowest BCUT2D eigenvalue weighted by Crippen LogP contribution is -2.42. The molecule has 1 atom stereocenters. The molecule has 1 aliphatic heterocycles. The second kappa shape index (κ2) is 6.51. The number of ether oxygens (including phenoxy) is 1. The summed E-state index contributed by atoms with van der Waals surface area (Å²) in [4.78, 5) is 24.0. The minimum absolute atomic E-state index is 0.0547. The van der Waals surface area contributed by atoms with Crippen LogP contribution >= 0.6 is 11.3 Å². The van der Waals surface area contributed by atoms with Crippen LogP contribution in [0.3, 0.4) is 0 Å². The largest absolute Gasteiger partial charge is 0.376 e. The van der Waals surface area contributed by atoms with Gasteiger partial charge in [-0.05, 0) is 24.3 Å². The van der Waals surface area contributed by atoms with E-state index in [4.69, 9.17) is 4.74 Å². The number of nitrogens with one attached hydrogen (secondary N) is 2. The zero-order chi connectivity index (χ0) is 12.8. The third-order valence-electron chi connectivity index (χ3n) is 2.72. The van der Waals surface area contributed by atoms with Gasteiger partial charge in [-0.2, -0.15) is 0 Å². The lowest BCUT2D eigenvalue weighted by Gasteiger charge is -2.10. The van der Waals surface area contributed by atoms with Crippen molar-refractivity contribution in [2.24, 2.45) is 0 Å². The van der Waals surface area contributed by atoms with E-state index in [1.807, 2.05) is 17.5 Å². The van der Waals surface area contributed by atoms with Gasteiger partial charge in [0.2, 0.25) is 0 Å². The third-order valence-corrected chi connectivity index (χ3v) is 3.60. The van der Waals surface area contributed by atoms with Crippen LogP contribution in [0.15, 0.2) is 17.5 Å². The third kappa shape index (κ3) is 3.82. The highest BCUT2D eigenvalue weighted by Crippen LogP contribution is 2.10. The fraction of sp³-hybridized carbons (Fsp3) is 0.500. The summed E-state index contributed by atoms with van der Waals surface area (Å²) in [5.41, 5.74) is 0. The van der Waals surface area contributed by atoms with Gasteiger partial charge in [-0.1, -0.05) is 6.07 Å². The van der Waals surface area contributed by atoms with E-state index in [0.717, 1.165) is 24.3 Å². The van der Waals surface area contributed by atoms with Gasteiger partial charge in [0.05, 0.1) is 12.6 Å². The second-order valence-corrected chi connectivity index (χ2v) is 5.14. The van der Waals surface area contributed by atoms with Crippen LogP contribution in [0.1, 0.15) is 17.7 Å².